The van der Waals surface area contributed by atoms with Crippen LogP contribution >= 0.6 is 12.2 Å². The molecule has 0 radical (unpaired) electrons. The number of halogens is 1. The first-order valence-corrected chi connectivity index (χ1v) is 6.78. The van der Waals surface area contributed by atoms with Gasteiger partial charge in [-0.2, -0.15) is 0 Å². The van der Waals surface area contributed by atoms with Crippen LogP contribution in [-0.4, -0.2) is 16.4 Å². The second-order valence-corrected chi connectivity index (χ2v) is 5.42. The van der Waals surface area contributed by atoms with Crippen molar-refractivity contribution < 1.29 is 4.39 Å². The molecule has 2 aliphatic rings. The van der Waals surface area contributed by atoms with Crippen LogP contribution in [0.1, 0.15) is 37.7 Å². The van der Waals surface area contributed by atoms with Crippen molar-refractivity contribution in [3.05, 3.63) is 35.6 Å². The lowest BCUT2D eigenvalue weighted by molar-refractivity contribution is 0.286. The summed E-state index contributed by atoms with van der Waals surface area (Å²) in [5.74, 6) is -0.233. The van der Waals surface area contributed by atoms with Gasteiger partial charge in [-0.3, -0.25) is 4.99 Å². The number of nitrogens with one attached hydrogen (secondary N) is 1. The van der Waals surface area contributed by atoms with Gasteiger partial charge in [0.1, 0.15) is 22.2 Å². The van der Waals surface area contributed by atoms with Gasteiger partial charge in [-0.1, -0.05) is 18.6 Å². The van der Waals surface area contributed by atoms with Crippen LogP contribution in [0.4, 0.5) is 4.39 Å². The van der Waals surface area contributed by atoms with Crippen LogP contribution in [-0.2, 0) is 0 Å². The Morgan fingerprint density at radius 3 is 2.44 bits per heavy atom. The number of thiocarbonyl (C=S) groups is 1. The van der Waals surface area contributed by atoms with E-state index in [0.717, 1.165) is 24.1 Å². The molecule has 1 aromatic carbocycles. The fourth-order valence-electron chi connectivity index (χ4n) is 2.74. The highest BCUT2D eigenvalue weighted by Gasteiger charge is 2.38. The SMILES string of the molecule is Fc1ccc(C2=NC3(CCCCC3)NC2=S)cc1. The van der Waals surface area contributed by atoms with Crippen LogP contribution in [0.5, 0.6) is 0 Å². The molecule has 0 unspecified atom stereocenters. The van der Waals surface area contributed by atoms with Gasteiger partial charge in [-0.25, -0.2) is 4.39 Å². The Kier molecular flexibility index (Phi) is 2.90. The third-order valence-electron chi connectivity index (χ3n) is 3.69. The zero-order valence-corrected chi connectivity index (χ0v) is 10.9. The van der Waals surface area contributed by atoms with E-state index in [2.05, 4.69) is 5.32 Å². The highest BCUT2D eigenvalue weighted by molar-refractivity contribution is 7.82. The molecule has 94 valence electrons. The highest BCUT2D eigenvalue weighted by Crippen LogP contribution is 2.33. The molecule has 4 heteroatoms. The van der Waals surface area contributed by atoms with Crippen LogP contribution in [0, 0.1) is 5.82 Å². The quantitative estimate of drug-likeness (QED) is 0.786. The van der Waals surface area contributed by atoms with Crippen molar-refractivity contribution in [2.45, 2.75) is 37.8 Å². The topological polar surface area (TPSA) is 24.4 Å². The van der Waals surface area contributed by atoms with Crippen LogP contribution < -0.4 is 5.32 Å². The molecule has 18 heavy (non-hydrogen) atoms. The molecule has 1 N–H and O–H groups in total. The average molecular weight is 262 g/mol. The van der Waals surface area contributed by atoms with Gasteiger partial charge < -0.3 is 5.32 Å². The van der Waals surface area contributed by atoms with Gasteiger partial charge in [-0.05, 0) is 49.9 Å². The van der Waals surface area contributed by atoms with E-state index in [1.165, 1.54) is 31.4 Å². The van der Waals surface area contributed by atoms with E-state index in [9.17, 15) is 4.39 Å². The van der Waals surface area contributed by atoms with Gasteiger partial charge in [0.05, 0.1) is 0 Å². The lowest BCUT2D eigenvalue weighted by atomic mass is 9.90. The van der Waals surface area contributed by atoms with Gasteiger partial charge in [0.25, 0.3) is 0 Å². The van der Waals surface area contributed by atoms with Crippen molar-refractivity contribution >= 4 is 22.9 Å². The maximum absolute atomic E-state index is 12.9. The molecule has 1 fully saturated rings. The Bertz CT molecular complexity index is 501. The number of benzene rings is 1. The second-order valence-electron chi connectivity index (χ2n) is 5.01. The predicted molar refractivity (Wildman–Crippen MR) is 74.5 cm³/mol. The minimum atomic E-state index is -0.233. The molecule has 0 atom stereocenters. The van der Waals surface area contributed by atoms with Crippen molar-refractivity contribution in [1.82, 2.24) is 5.32 Å². The van der Waals surface area contributed by atoms with Crippen molar-refractivity contribution in [1.29, 1.82) is 0 Å². The molecule has 0 amide bonds. The van der Waals surface area contributed by atoms with Gasteiger partial charge in [-0.15, -0.1) is 0 Å². The zero-order valence-electron chi connectivity index (χ0n) is 10.1. The number of rotatable bonds is 1. The zero-order chi connectivity index (χ0) is 12.6. The summed E-state index contributed by atoms with van der Waals surface area (Å²) in [5.41, 5.74) is 1.53. The summed E-state index contributed by atoms with van der Waals surface area (Å²) in [7, 11) is 0. The lowest BCUT2D eigenvalue weighted by Crippen LogP contribution is -2.43. The summed E-state index contributed by atoms with van der Waals surface area (Å²) in [4.78, 5) is 5.50. The van der Waals surface area contributed by atoms with Crippen molar-refractivity contribution in [3.63, 3.8) is 0 Å². The fraction of sp³-hybridized carbons (Fsp3) is 0.429. The highest BCUT2D eigenvalue weighted by atomic mass is 32.1. The maximum Gasteiger partial charge on any atom is 0.131 e. The predicted octanol–water partition coefficient (Wildman–Crippen LogP) is 3.21. The van der Waals surface area contributed by atoms with Crippen molar-refractivity contribution in [2.75, 3.05) is 0 Å². The van der Waals surface area contributed by atoms with Crippen LogP contribution in [0.2, 0.25) is 0 Å². The van der Waals surface area contributed by atoms with Crippen LogP contribution in [0.25, 0.3) is 0 Å². The molecule has 1 aliphatic carbocycles. The smallest absolute Gasteiger partial charge is 0.131 e. The fourth-order valence-corrected chi connectivity index (χ4v) is 3.09. The Balaban J connectivity index is 1.93. The van der Waals surface area contributed by atoms with Gasteiger partial charge >= 0.3 is 0 Å². The van der Waals surface area contributed by atoms with E-state index in [4.69, 9.17) is 17.2 Å². The third kappa shape index (κ3) is 2.05. The normalized spacial score (nSPS) is 21.8. The molecular formula is C14H15FN2S. The minimum Gasteiger partial charge on any atom is -0.351 e. The van der Waals surface area contributed by atoms with Crippen molar-refractivity contribution in [2.24, 2.45) is 4.99 Å². The molecule has 3 rings (SSSR count). The van der Waals surface area contributed by atoms with E-state index in [1.807, 2.05) is 0 Å². The van der Waals surface area contributed by atoms with Gasteiger partial charge in [0, 0.05) is 5.56 Å². The summed E-state index contributed by atoms with van der Waals surface area (Å²) in [6.45, 7) is 0. The Morgan fingerprint density at radius 2 is 1.78 bits per heavy atom. The first-order chi connectivity index (χ1) is 8.69. The Morgan fingerprint density at radius 1 is 1.11 bits per heavy atom. The van der Waals surface area contributed by atoms with Crippen LogP contribution in [0.15, 0.2) is 29.3 Å². The van der Waals surface area contributed by atoms with E-state index in [0.29, 0.717) is 4.99 Å². The molecule has 1 saturated carbocycles. The molecule has 1 spiro atoms. The lowest BCUT2D eigenvalue weighted by Gasteiger charge is -2.30. The van der Waals surface area contributed by atoms with Gasteiger partial charge in [0.2, 0.25) is 0 Å². The molecule has 0 saturated heterocycles. The second kappa shape index (κ2) is 4.43. The Hall–Kier alpha value is -1.29. The molecule has 0 bridgehead atoms. The molecule has 1 heterocycles. The summed E-state index contributed by atoms with van der Waals surface area (Å²) >= 11 is 5.37. The summed E-state index contributed by atoms with van der Waals surface area (Å²) in [6.07, 6.45) is 5.74. The van der Waals surface area contributed by atoms with E-state index in [-0.39, 0.29) is 11.5 Å². The van der Waals surface area contributed by atoms with E-state index < -0.39 is 0 Å². The number of hydrogen-bond donors (Lipinski definition) is 1. The Labute approximate surface area is 111 Å². The van der Waals surface area contributed by atoms with E-state index >= 15 is 0 Å². The average Bonchev–Trinajstić information content (AvgIpc) is 2.68. The molecule has 1 aliphatic heterocycles. The first-order valence-electron chi connectivity index (χ1n) is 6.37. The summed E-state index contributed by atoms with van der Waals surface area (Å²) in [5, 5.41) is 3.37. The standard InChI is InChI=1S/C14H15FN2S/c15-11-6-4-10(5-7-11)12-13(18)17-14(16-12)8-2-1-3-9-14/h4-7H,1-3,8-9H2,(H,17,18). The van der Waals surface area contributed by atoms with Crippen molar-refractivity contribution in [3.8, 4) is 0 Å². The third-order valence-corrected chi connectivity index (χ3v) is 3.98. The molecule has 0 aromatic heterocycles. The monoisotopic (exact) mass is 262 g/mol. The summed E-state index contributed by atoms with van der Waals surface area (Å²) in [6, 6.07) is 6.38. The summed E-state index contributed by atoms with van der Waals surface area (Å²) < 4.78 is 12.9. The van der Waals surface area contributed by atoms with E-state index in [1.54, 1.807) is 12.1 Å². The first kappa shape index (κ1) is 11.8. The van der Waals surface area contributed by atoms with Gasteiger partial charge in [0.15, 0.2) is 0 Å². The molecule has 2 nitrogen and oxygen atoms in total. The largest absolute Gasteiger partial charge is 0.351 e. The minimum absolute atomic E-state index is 0.181. The number of nitrogens with zero attached hydrogens (tertiary/aromatic N) is 1. The number of aliphatic imine (C=N–C) groups is 1. The molecule has 1 aromatic rings. The molecular weight excluding hydrogens is 247 g/mol. The van der Waals surface area contributed by atoms with Crippen LogP contribution in [0.3, 0.4) is 0 Å². The number of hydrogen-bond acceptors (Lipinski definition) is 2. The maximum atomic E-state index is 12.9.